The lowest BCUT2D eigenvalue weighted by Crippen LogP contribution is -2.63. The quantitative estimate of drug-likeness (QED) is 0.844. The number of piperazine rings is 1. The van der Waals surface area contributed by atoms with Crippen LogP contribution in [-0.2, 0) is 0 Å². The first kappa shape index (κ1) is 15.3. The molecule has 112 valence electrons. The maximum Gasteiger partial charge on any atom is 0.0221 e. The Morgan fingerprint density at radius 2 is 2.00 bits per heavy atom. The Bertz CT molecular complexity index is 281. The molecule has 3 nitrogen and oxygen atoms in total. The van der Waals surface area contributed by atoms with E-state index in [1.807, 2.05) is 0 Å². The summed E-state index contributed by atoms with van der Waals surface area (Å²) in [5.41, 5.74) is 0. The molecule has 0 aromatic carbocycles. The van der Waals surface area contributed by atoms with Crippen molar-refractivity contribution < 1.29 is 0 Å². The molecule has 0 amide bonds. The molecule has 5 unspecified atom stereocenters. The Morgan fingerprint density at radius 3 is 2.63 bits per heavy atom. The van der Waals surface area contributed by atoms with Gasteiger partial charge < -0.3 is 10.2 Å². The molecule has 0 radical (unpaired) electrons. The van der Waals surface area contributed by atoms with Gasteiger partial charge in [-0.3, -0.25) is 4.90 Å². The van der Waals surface area contributed by atoms with Crippen molar-refractivity contribution in [1.29, 1.82) is 0 Å². The topological polar surface area (TPSA) is 18.5 Å². The predicted octanol–water partition coefficient (Wildman–Crippen LogP) is 2.04. The molecule has 2 saturated heterocycles. The molecule has 1 N–H and O–H groups in total. The lowest BCUT2D eigenvalue weighted by molar-refractivity contribution is 0.0156. The van der Waals surface area contributed by atoms with Crippen LogP contribution >= 0.6 is 0 Å². The van der Waals surface area contributed by atoms with Crippen LogP contribution in [0.5, 0.6) is 0 Å². The Morgan fingerprint density at radius 1 is 1.26 bits per heavy atom. The molecule has 2 rings (SSSR count). The normalized spacial score (nSPS) is 40.3. The molecule has 2 aliphatic rings. The minimum Gasteiger partial charge on any atom is -0.311 e. The summed E-state index contributed by atoms with van der Waals surface area (Å²) in [6.07, 6.45) is 2.62. The van der Waals surface area contributed by atoms with Gasteiger partial charge in [0, 0.05) is 37.8 Å². The highest BCUT2D eigenvalue weighted by molar-refractivity contribution is 4.93. The van der Waals surface area contributed by atoms with E-state index in [0.717, 1.165) is 24.4 Å². The van der Waals surface area contributed by atoms with Crippen LogP contribution < -0.4 is 5.32 Å². The zero-order chi connectivity index (χ0) is 14.0. The minimum absolute atomic E-state index is 0.688. The first-order valence-electron chi connectivity index (χ1n) is 8.20. The molecule has 0 spiro atoms. The van der Waals surface area contributed by atoms with Crippen LogP contribution in [0.25, 0.3) is 0 Å². The van der Waals surface area contributed by atoms with E-state index in [4.69, 9.17) is 0 Å². The zero-order valence-corrected chi connectivity index (χ0v) is 13.5. The number of hydrogen-bond donors (Lipinski definition) is 1. The van der Waals surface area contributed by atoms with Gasteiger partial charge in [0.1, 0.15) is 0 Å². The van der Waals surface area contributed by atoms with Gasteiger partial charge in [-0.15, -0.1) is 0 Å². The standard InChI is InChI=1S/C16H33N3/c1-6-12(2)15-11-19(14(4)9-17-15)16-7-8-18(5)10-13(16)3/h12-17H,6-11H2,1-5H3. The van der Waals surface area contributed by atoms with Gasteiger partial charge >= 0.3 is 0 Å². The molecular weight excluding hydrogens is 234 g/mol. The maximum atomic E-state index is 3.76. The SMILES string of the molecule is CCC(C)C1CN(C2CCN(C)CC2C)C(C)CN1. The van der Waals surface area contributed by atoms with Gasteiger partial charge in [0.25, 0.3) is 0 Å². The first-order valence-corrected chi connectivity index (χ1v) is 8.20. The monoisotopic (exact) mass is 267 g/mol. The molecular formula is C16H33N3. The van der Waals surface area contributed by atoms with Gasteiger partial charge in [-0.25, -0.2) is 0 Å². The van der Waals surface area contributed by atoms with Crippen LogP contribution in [0.1, 0.15) is 40.5 Å². The molecule has 0 aromatic rings. The van der Waals surface area contributed by atoms with Crippen molar-refractivity contribution in [3.8, 4) is 0 Å². The van der Waals surface area contributed by atoms with E-state index in [2.05, 4.69) is 49.9 Å². The summed E-state index contributed by atoms with van der Waals surface area (Å²) >= 11 is 0. The number of likely N-dealkylation sites (tertiary alicyclic amines) is 1. The Labute approximate surface area is 119 Å². The fourth-order valence-electron chi connectivity index (χ4n) is 3.87. The molecule has 2 aliphatic heterocycles. The largest absolute Gasteiger partial charge is 0.311 e. The van der Waals surface area contributed by atoms with Crippen molar-refractivity contribution in [3.63, 3.8) is 0 Å². The van der Waals surface area contributed by atoms with Gasteiger partial charge in [-0.05, 0) is 38.8 Å². The van der Waals surface area contributed by atoms with Crippen LogP contribution in [0.2, 0.25) is 0 Å². The lowest BCUT2D eigenvalue weighted by Gasteiger charge is -2.49. The number of nitrogens with zero attached hydrogens (tertiary/aromatic N) is 2. The Hall–Kier alpha value is -0.120. The van der Waals surface area contributed by atoms with E-state index in [-0.39, 0.29) is 0 Å². The first-order chi connectivity index (χ1) is 9.02. The predicted molar refractivity (Wildman–Crippen MR) is 82.5 cm³/mol. The van der Waals surface area contributed by atoms with Crippen LogP contribution in [0.3, 0.4) is 0 Å². The van der Waals surface area contributed by atoms with Crippen molar-refractivity contribution >= 4 is 0 Å². The zero-order valence-electron chi connectivity index (χ0n) is 13.5. The van der Waals surface area contributed by atoms with Gasteiger partial charge in [-0.2, -0.15) is 0 Å². The highest BCUT2D eigenvalue weighted by atomic mass is 15.3. The minimum atomic E-state index is 0.688. The van der Waals surface area contributed by atoms with Crippen molar-refractivity contribution in [1.82, 2.24) is 15.1 Å². The van der Waals surface area contributed by atoms with E-state index in [0.29, 0.717) is 12.1 Å². The van der Waals surface area contributed by atoms with E-state index >= 15 is 0 Å². The Balaban J connectivity index is 2.00. The van der Waals surface area contributed by atoms with E-state index in [9.17, 15) is 0 Å². The van der Waals surface area contributed by atoms with Crippen LogP contribution in [0.15, 0.2) is 0 Å². The summed E-state index contributed by atoms with van der Waals surface area (Å²) in [6.45, 7) is 14.5. The number of rotatable bonds is 3. The molecule has 19 heavy (non-hydrogen) atoms. The summed E-state index contributed by atoms with van der Waals surface area (Å²) in [5, 5.41) is 3.76. The summed E-state index contributed by atoms with van der Waals surface area (Å²) < 4.78 is 0. The van der Waals surface area contributed by atoms with Gasteiger partial charge in [0.15, 0.2) is 0 Å². The molecule has 2 heterocycles. The van der Waals surface area contributed by atoms with Crippen molar-refractivity contribution in [2.75, 3.05) is 33.2 Å². The second kappa shape index (κ2) is 6.55. The third-order valence-corrected chi connectivity index (χ3v) is 5.47. The third kappa shape index (κ3) is 3.50. The van der Waals surface area contributed by atoms with Crippen molar-refractivity contribution in [3.05, 3.63) is 0 Å². The molecule has 0 saturated carbocycles. The second-order valence-electron chi connectivity index (χ2n) is 7.04. The van der Waals surface area contributed by atoms with Crippen molar-refractivity contribution in [2.45, 2.75) is 58.7 Å². The van der Waals surface area contributed by atoms with E-state index < -0.39 is 0 Å². The number of piperidine rings is 1. The average Bonchev–Trinajstić information content (AvgIpc) is 2.39. The lowest BCUT2D eigenvalue weighted by atomic mass is 9.88. The van der Waals surface area contributed by atoms with Crippen LogP contribution in [-0.4, -0.2) is 61.2 Å². The molecule has 3 heteroatoms. The van der Waals surface area contributed by atoms with Crippen LogP contribution in [0, 0.1) is 11.8 Å². The van der Waals surface area contributed by atoms with Gasteiger partial charge in [0.2, 0.25) is 0 Å². The van der Waals surface area contributed by atoms with Gasteiger partial charge in [-0.1, -0.05) is 27.2 Å². The fourth-order valence-corrected chi connectivity index (χ4v) is 3.87. The molecule has 5 atom stereocenters. The summed E-state index contributed by atoms with van der Waals surface area (Å²) in [4.78, 5) is 5.30. The summed E-state index contributed by atoms with van der Waals surface area (Å²) in [7, 11) is 2.26. The number of nitrogens with one attached hydrogen (secondary N) is 1. The summed E-state index contributed by atoms with van der Waals surface area (Å²) in [5.74, 6) is 1.59. The molecule has 2 fully saturated rings. The smallest absolute Gasteiger partial charge is 0.0221 e. The maximum absolute atomic E-state index is 3.76. The Kier molecular flexibility index (Phi) is 5.27. The van der Waals surface area contributed by atoms with E-state index in [1.54, 1.807) is 0 Å². The average molecular weight is 267 g/mol. The van der Waals surface area contributed by atoms with Crippen molar-refractivity contribution in [2.24, 2.45) is 11.8 Å². The summed E-state index contributed by atoms with van der Waals surface area (Å²) in [6, 6.07) is 2.17. The molecule has 0 aliphatic carbocycles. The van der Waals surface area contributed by atoms with Gasteiger partial charge in [0.05, 0.1) is 0 Å². The molecule has 0 aromatic heterocycles. The highest BCUT2D eigenvalue weighted by Crippen LogP contribution is 2.26. The third-order valence-electron chi connectivity index (χ3n) is 5.47. The highest BCUT2D eigenvalue weighted by Gasteiger charge is 2.36. The second-order valence-corrected chi connectivity index (χ2v) is 7.04. The van der Waals surface area contributed by atoms with E-state index in [1.165, 1.54) is 32.5 Å². The fraction of sp³-hybridized carbons (Fsp3) is 1.00. The number of hydrogen-bond acceptors (Lipinski definition) is 3. The molecule has 0 bridgehead atoms. The van der Waals surface area contributed by atoms with Crippen LogP contribution in [0.4, 0.5) is 0 Å².